The van der Waals surface area contributed by atoms with Crippen LogP contribution in [0.3, 0.4) is 0 Å². The van der Waals surface area contributed by atoms with Gasteiger partial charge in [-0.2, -0.15) is 5.10 Å². The topological polar surface area (TPSA) is 69.6 Å². The molecule has 3 aromatic heterocycles. The molecule has 0 saturated carbocycles. The van der Waals surface area contributed by atoms with Crippen molar-refractivity contribution < 1.29 is 0 Å². The molecule has 0 unspecified atom stereocenters. The molecule has 0 aliphatic rings. The lowest BCUT2D eigenvalue weighted by atomic mass is 10.3. The Balaban J connectivity index is 1.95. The van der Waals surface area contributed by atoms with Gasteiger partial charge in [0.2, 0.25) is 0 Å². The minimum atomic E-state index is 0.425. The number of rotatable bonds is 2. The van der Waals surface area contributed by atoms with Crippen molar-refractivity contribution in [2.45, 2.75) is 0 Å². The number of nitrogen functional groups attached to an aromatic ring is 1. The van der Waals surface area contributed by atoms with Gasteiger partial charge in [0.1, 0.15) is 5.82 Å². The van der Waals surface area contributed by atoms with E-state index in [1.165, 1.54) is 0 Å². The maximum atomic E-state index is 6.06. The molecule has 5 nitrogen and oxygen atoms in total. The van der Waals surface area contributed by atoms with E-state index in [0.29, 0.717) is 22.3 Å². The minimum Gasteiger partial charge on any atom is -0.383 e. The van der Waals surface area contributed by atoms with E-state index in [1.807, 2.05) is 41.8 Å². The third-order valence-electron chi connectivity index (χ3n) is 3.27. The number of hydrogen-bond donors (Lipinski definition) is 1. The van der Waals surface area contributed by atoms with E-state index < -0.39 is 0 Å². The zero-order chi connectivity index (χ0) is 15.1. The van der Waals surface area contributed by atoms with Gasteiger partial charge in [-0.1, -0.05) is 17.7 Å². The fourth-order valence-electron chi connectivity index (χ4n) is 2.22. The molecule has 0 atom stereocenters. The van der Waals surface area contributed by atoms with Crippen LogP contribution in [0.2, 0.25) is 5.02 Å². The largest absolute Gasteiger partial charge is 0.383 e. The monoisotopic (exact) mass is 327 g/mol. The van der Waals surface area contributed by atoms with E-state index in [2.05, 4.69) is 15.1 Å². The Morgan fingerprint density at radius 1 is 1.09 bits per heavy atom. The molecule has 4 rings (SSSR count). The molecular weight excluding hydrogens is 318 g/mol. The molecular formula is C15H10ClN5S. The molecule has 108 valence electrons. The third kappa shape index (κ3) is 2.13. The molecule has 22 heavy (non-hydrogen) atoms. The summed E-state index contributed by atoms with van der Waals surface area (Å²) >= 11 is 7.51. The van der Waals surface area contributed by atoms with Gasteiger partial charge >= 0.3 is 0 Å². The lowest BCUT2D eigenvalue weighted by molar-refractivity contribution is 0.896. The summed E-state index contributed by atoms with van der Waals surface area (Å²) in [6.45, 7) is 0. The van der Waals surface area contributed by atoms with Crippen LogP contribution in [-0.4, -0.2) is 19.7 Å². The molecule has 0 bridgehead atoms. The number of benzene rings is 1. The van der Waals surface area contributed by atoms with Crippen LogP contribution in [0.4, 0.5) is 5.82 Å². The summed E-state index contributed by atoms with van der Waals surface area (Å²) in [6.07, 6.45) is 1.68. The third-order valence-corrected chi connectivity index (χ3v) is 4.39. The first-order valence-electron chi connectivity index (χ1n) is 6.53. The van der Waals surface area contributed by atoms with Crippen LogP contribution in [0.25, 0.3) is 27.4 Å². The molecule has 3 heterocycles. The van der Waals surface area contributed by atoms with Crippen molar-refractivity contribution in [3.05, 3.63) is 53.0 Å². The molecule has 1 aromatic carbocycles. The molecule has 0 amide bonds. The average Bonchev–Trinajstić information content (AvgIpc) is 3.17. The van der Waals surface area contributed by atoms with E-state index in [1.54, 1.807) is 22.2 Å². The van der Waals surface area contributed by atoms with E-state index in [9.17, 15) is 0 Å². The zero-order valence-electron chi connectivity index (χ0n) is 11.3. The Kier molecular flexibility index (Phi) is 3.06. The molecule has 0 radical (unpaired) electrons. The first kappa shape index (κ1) is 13.2. The van der Waals surface area contributed by atoms with Gasteiger partial charge in [0, 0.05) is 5.02 Å². The van der Waals surface area contributed by atoms with Gasteiger partial charge in [0.05, 0.1) is 22.1 Å². The van der Waals surface area contributed by atoms with Gasteiger partial charge in [-0.3, -0.25) is 0 Å². The van der Waals surface area contributed by atoms with Crippen LogP contribution in [0.5, 0.6) is 0 Å². The molecule has 0 aliphatic carbocycles. The summed E-state index contributed by atoms with van der Waals surface area (Å²) in [7, 11) is 0. The SMILES string of the molecule is Nc1nc(-c2cccs2)nc2c1cnn2-c1ccc(Cl)cc1. The Morgan fingerprint density at radius 3 is 2.64 bits per heavy atom. The predicted octanol–water partition coefficient (Wildman–Crippen LogP) is 3.78. The van der Waals surface area contributed by atoms with Gasteiger partial charge < -0.3 is 5.73 Å². The maximum Gasteiger partial charge on any atom is 0.173 e. The fourth-order valence-corrected chi connectivity index (χ4v) is 3.00. The van der Waals surface area contributed by atoms with Crippen molar-refractivity contribution in [1.82, 2.24) is 19.7 Å². The number of fused-ring (bicyclic) bond motifs is 1. The van der Waals surface area contributed by atoms with Crippen LogP contribution in [0.15, 0.2) is 48.0 Å². The van der Waals surface area contributed by atoms with Crippen molar-refractivity contribution >= 4 is 39.8 Å². The van der Waals surface area contributed by atoms with Crippen molar-refractivity contribution in [2.24, 2.45) is 0 Å². The summed E-state index contributed by atoms with van der Waals surface area (Å²) in [5.74, 6) is 1.03. The van der Waals surface area contributed by atoms with Crippen LogP contribution < -0.4 is 5.73 Å². The number of nitrogens with zero attached hydrogens (tertiary/aromatic N) is 4. The Bertz CT molecular complexity index is 944. The smallest absolute Gasteiger partial charge is 0.173 e. The first-order chi connectivity index (χ1) is 10.7. The lowest BCUT2D eigenvalue weighted by Crippen LogP contribution is -2.01. The highest BCUT2D eigenvalue weighted by Gasteiger charge is 2.13. The van der Waals surface area contributed by atoms with Gasteiger partial charge in [0.15, 0.2) is 11.5 Å². The Labute approximate surface area is 135 Å². The Morgan fingerprint density at radius 2 is 1.91 bits per heavy atom. The number of aromatic nitrogens is 4. The summed E-state index contributed by atoms with van der Waals surface area (Å²) in [4.78, 5) is 9.96. The summed E-state index contributed by atoms with van der Waals surface area (Å²) in [5.41, 5.74) is 7.61. The van der Waals surface area contributed by atoms with E-state index in [0.717, 1.165) is 16.0 Å². The quantitative estimate of drug-likeness (QED) is 0.608. The molecule has 0 fully saturated rings. The van der Waals surface area contributed by atoms with Gasteiger partial charge in [-0.05, 0) is 35.7 Å². The van der Waals surface area contributed by atoms with Crippen molar-refractivity contribution in [3.63, 3.8) is 0 Å². The van der Waals surface area contributed by atoms with Crippen LogP contribution in [0, 0.1) is 0 Å². The van der Waals surface area contributed by atoms with Crippen molar-refractivity contribution in [2.75, 3.05) is 5.73 Å². The second-order valence-electron chi connectivity index (χ2n) is 4.68. The number of thiophene rings is 1. The average molecular weight is 328 g/mol. The predicted molar refractivity (Wildman–Crippen MR) is 89.4 cm³/mol. The number of anilines is 1. The van der Waals surface area contributed by atoms with E-state index in [4.69, 9.17) is 17.3 Å². The van der Waals surface area contributed by atoms with Gasteiger partial charge in [-0.15, -0.1) is 11.3 Å². The summed E-state index contributed by atoms with van der Waals surface area (Å²) in [6, 6.07) is 11.3. The highest BCUT2D eigenvalue weighted by atomic mass is 35.5. The van der Waals surface area contributed by atoms with E-state index >= 15 is 0 Å². The number of halogens is 1. The summed E-state index contributed by atoms with van der Waals surface area (Å²) < 4.78 is 1.74. The van der Waals surface area contributed by atoms with E-state index in [-0.39, 0.29) is 0 Å². The van der Waals surface area contributed by atoms with Gasteiger partial charge in [-0.25, -0.2) is 14.6 Å². The molecule has 0 saturated heterocycles. The molecule has 0 aliphatic heterocycles. The molecule has 4 aromatic rings. The molecule has 7 heteroatoms. The normalized spacial score (nSPS) is 11.1. The highest BCUT2D eigenvalue weighted by molar-refractivity contribution is 7.13. The zero-order valence-corrected chi connectivity index (χ0v) is 12.8. The first-order valence-corrected chi connectivity index (χ1v) is 7.79. The van der Waals surface area contributed by atoms with Crippen LogP contribution in [0.1, 0.15) is 0 Å². The van der Waals surface area contributed by atoms with Crippen LogP contribution in [-0.2, 0) is 0 Å². The Hall–Kier alpha value is -2.44. The summed E-state index contributed by atoms with van der Waals surface area (Å²) in [5, 5.41) is 7.76. The standard InChI is InChI=1S/C15H10ClN5S/c16-9-3-5-10(6-4-9)21-15-11(8-18-21)13(17)19-14(20-15)12-2-1-7-22-12/h1-8H,(H2,17,19,20). The number of hydrogen-bond acceptors (Lipinski definition) is 5. The molecule has 2 N–H and O–H groups in total. The fraction of sp³-hybridized carbons (Fsp3) is 0. The second-order valence-corrected chi connectivity index (χ2v) is 6.06. The van der Waals surface area contributed by atoms with Gasteiger partial charge in [0.25, 0.3) is 0 Å². The second kappa shape index (κ2) is 5.08. The highest BCUT2D eigenvalue weighted by Crippen LogP contribution is 2.27. The maximum absolute atomic E-state index is 6.06. The number of nitrogens with two attached hydrogens (primary N) is 1. The van der Waals surface area contributed by atoms with Crippen molar-refractivity contribution in [1.29, 1.82) is 0 Å². The van der Waals surface area contributed by atoms with Crippen LogP contribution >= 0.6 is 22.9 Å². The molecule has 0 spiro atoms. The van der Waals surface area contributed by atoms with Crippen molar-refractivity contribution in [3.8, 4) is 16.4 Å². The minimum absolute atomic E-state index is 0.425. The lowest BCUT2D eigenvalue weighted by Gasteiger charge is -2.05.